The van der Waals surface area contributed by atoms with Crippen LogP contribution in [0.15, 0.2) is 36.5 Å². The van der Waals surface area contributed by atoms with Gasteiger partial charge >= 0.3 is 0 Å². The fourth-order valence-corrected chi connectivity index (χ4v) is 2.38. The molecule has 21 heavy (non-hydrogen) atoms. The summed E-state index contributed by atoms with van der Waals surface area (Å²) in [7, 11) is 0. The smallest absolute Gasteiger partial charge is 0.229 e. The van der Waals surface area contributed by atoms with Gasteiger partial charge in [0, 0.05) is 6.20 Å². The van der Waals surface area contributed by atoms with Crippen LogP contribution < -0.4 is 10.5 Å². The predicted molar refractivity (Wildman–Crippen MR) is 90.0 cm³/mol. The number of nitrogens with two attached hydrogens (primary N) is 1. The first-order valence-corrected chi connectivity index (χ1v) is 7.55. The van der Waals surface area contributed by atoms with Crippen LogP contribution in [0.5, 0.6) is 11.6 Å². The van der Waals surface area contributed by atoms with Crippen molar-refractivity contribution in [1.82, 2.24) is 4.98 Å². The first kappa shape index (κ1) is 15.4. The molecular formula is C17H20N2OS. The van der Waals surface area contributed by atoms with Crippen LogP contribution in [0.3, 0.4) is 0 Å². The second-order valence-electron chi connectivity index (χ2n) is 5.02. The van der Waals surface area contributed by atoms with E-state index in [1.54, 1.807) is 6.20 Å². The molecule has 4 heteroatoms. The topological polar surface area (TPSA) is 48.1 Å². The fourth-order valence-electron chi connectivity index (χ4n) is 2.13. The molecule has 2 aromatic rings. The van der Waals surface area contributed by atoms with E-state index < -0.39 is 0 Å². The van der Waals surface area contributed by atoms with Gasteiger partial charge in [0.15, 0.2) is 0 Å². The molecule has 3 nitrogen and oxygen atoms in total. The Morgan fingerprint density at radius 1 is 1.24 bits per heavy atom. The van der Waals surface area contributed by atoms with E-state index in [2.05, 4.69) is 24.0 Å². The minimum atomic E-state index is 0.301. The number of benzene rings is 1. The summed E-state index contributed by atoms with van der Waals surface area (Å²) < 4.78 is 5.83. The third-order valence-corrected chi connectivity index (χ3v) is 3.53. The molecule has 110 valence electrons. The van der Waals surface area contributed by atoms with E-state index in [1.165, 1.54) is 18.4 Å². The second-order valence-corrected chi connectivity index (χ2v) is 5.46. The molecule has 1 aromatic carbocycles. The number of thiocarbonyl (C=S) groups is 1. The Bertz CT molecular complexity index is 623. The number of hydrogen-bond acceptors (Lipinski definition) is 3. The van der Waals surface area contributed by atoms with Gasteiger partial charge in [-0.15, -0.1) is 0 Å². The van der Waals surface area contributed by atoms with Crippen LogP contribution in [0.2, 0.25) is 0 Å². The standard InChI is InChI=1S/C17H20N2OS/c1-3-4-5-13-6-8-14(9-7-13)20-17-15(16(18)21)12(2)10-11-19-17/h6-11H,3-5H2,1-2H3,(H2,18,21). The average molecular weight is 300 g/mol. The van der Waals surface area contributed by atoms with Gasteiger partial charge in [0.2, 0.25) is 5.88 Å². The third kappa shape index (κ3) is 4.02. The third-order valence-electron chi connectivity index (χ3n) is 3.33. The summed E-state index contributed by atoms with van der Waals surface area (Å²) in [6.45, 7) is 4.13. The van der Waals surface area contributed by atoms with E-state index in [-0.39, 0.29) is 0 Å². The van der Waals surface area contributed by atoms with Crippen LogP contribution in [0.1, 0.15) is 36.5 Å². The first-order chi connectivity index (χ1) is 10.1. The molecule has 1 heterocycles. The fraction of sp³-hybridized carbons (Fsp3) is 0.294. The van der Waals surface area contributed by atoms with E-state index in [9.17, 15) is 0 Å². The van der Waals surface area contributed by atoms with Crippen molar-refractivity contribution in [3.8, 4) is 11.6 Å². The molecule has 0 saturated carbocycles. The molecule has 0 aliphatic heterocycles. The number of rotatable bonds is 6. The molecule has 0 amide bonds. The van der Waals surface area contributed by atoms with Crippen molar-refractivity contribution in [2.45, 2.75) is 33.1 Å². The van der Waals surface area contributed by atoms with E-state index in [4.69, 9.17) is 22.7 Å². The summed E-state index contributed by atoms with van der Waals surface area (Å²) in [5.41, 5.74) is 8.74. The highest BCUT2D eigenvalue weighted by Gasteiger charge is 2.12. The predicted octanol–water partition coefficient (Wildman–Crippen LogP) is 4.16. The monoisotopic (exact) mass is 300 g/mol. The Balaban J connectivity index is 2.19. The van der Waals surface area contributed by atoms with Gasteiger partial charge < -0.3 is 10.5 Å². The lowest BCUT2D eigenvalue weighted by atomic mass is 10.1. The lowest BCUT2D eigenvalue weighted by Crippen LogP contribution is -2.13. The molecule has 0 aliphatic rings. The number of hydrogen-bond donors (Lipinski definition) is 1. The molecule has 2 N–H and O–H groups in total. The number of nitrogens with zero attached hydrogens (tertiary/aromatic N) is 1. The maximum Gasteiger partial charge on any atom is 0.229 e. The maximum atomic E-state index is 5.83. The number of ether oxygens (including phenoxy) is 1. The van der Waals surface area contributed by atoms with Crippen molar-refractivity contribution in [3.63, 3.8) is 0 Å². The Morgan fingerprint density at radius 3 is 2.57 bits per heavy atom. The summed E-state index contributed by atoms with van der Waals surface area (Å²) in [5.74, 6) is 1.20. The normalized spacial score (nSPS) is 10.4. The maximum absolute atomic E-state index is 5.83. The van der Waals surface area contributed by atoms with E-state index in [0.29, 0.717) is 16.4 Å². The molecule has 0 bridgehead atoms. The second kappa shape index (κ2) is 7.18. The highest BCUT2D eigenvalue weighted by atomic mass is 32.1. The molecule has 0 spiro atoms. The number of unbranched alkanes of at least 4 members (excludes halogenated alkanes) is 1. The van der Waals surface area contributed by atoms with Gasteiger partial charge in [-0.1, -0.05) is 37.7 Å². The molecule has 0 fully saturated rings. The van der Waals surface area contributed by atoms with Crippen molar-refractivity contribution in [3.05, 3.63) is 53.2 Å². The Labute approximate surface area is 131 Å². The van der Waals surface area contributed by atoms with Gasteiger partial charge in [-0.3, -0.25) is 0 Å². The minimum absolute atomic E-state index is 0.301. The molecular weight excluding hydrogens is 280 g/mol. The summed E-state index contributed by atoms with van der Waals surface area (Å²) in [4.78, 5) is 4.54. The van der Waals surface area contributed by atoms with Crippen LogP contribution in [-0.4, -0.2) is 9.97 Å². The zero-order chi connectivity index (χ0) is 15.2. The lowest BCUT2D eigenvalue weighted by molar-refractivity contribution is 0.461. The van der Waals surface area contributed by atoms with Crippen molar-refractivity contribution >= 4 is 17.2 Å². The van der Waals surface area contributed by atoms with Gasteiger partial charge in [-0.25, -0.2) is 4.98 Å². The molecule has 0 aliphatic carbocycles. The zero-order valence-corrected chi connectivity index (χ0v) is 13.2. The van der Waals surface area contributed by atoms with Crippen LogP contribution in [0.4, 0.5) is 0 Å². The van der Waals surface area contributed by atoms with Gasteiger partial charge in [0.05, 0.1) is 5.56 Å². The Kier molecular flexibility index (Phi) is 5.28. The highest BCUT2D eigenvalue weighted by molar-refractivity contribution is 7.80. The quantitative estimate of drug-likeness (QED) is 0.814. The van der Waals surface area contributed by atoms with Gasteiger partial charge in [0.1, 0.15) is 10.7 Å². The van der Waals surface area contributed by atoms with Crippen LogP contribution in [-0.2, 0) is 6.42 Å². The largest absolute Gasteiger partial charge is 0.438 e. The number of aromatic nitrogens is 1. The van der Waals surface area contributed by atoms with Gasteiger partial charge in [-0.05, 0) is 49.1 Å². The first-order valence-electron chi connectivity index (χ1n) is 7.14. The molecule has 1 aromatic heterocycles. The minimum Gasteiger partial charge on any atom is -0.438 e. The summed E-state index contributed by atoms with van der Waals surface area (Å²) in [6.07, 6.45) is 5.19. The zero-order valence-electron chi connectivity index (χ0n) is 12.4. The van der Waals surface area contributed by atoms with Crippen molar-refractivity contribution < 1.29 is 4.74 Å². The Morgan fingerprint density at radius 2 is 1.95 bits per heavy atom. The van der Waals surface area contributed by atoms with Crippen molar-refractivity contribution in [2.24, 2.45) is 5.73 Å². The van der Waals surface area contributed by atoms with Gasteiger partial charge in [0.25, 0.3) is 0 Å². The van der Waals surface area contributed by atoms with E-state index in [1.807, 2.05) is 25.1 Å². The lowest BCUT2D eigenvalue weighted by Gasteiger charge is -2.11. The highest BCUT2D eigenvalue weighted by Crippen LogP contribution is 2.25. The van der Waals surface area contributed by atoms with Crippen molar-refractivity contribution in [2.75, 3.05) is 0 Å². The van der Waals surface area contributed by atoms with Crippen LogP contribution >= 0.6 is 12.2 Å². The SMILES string of the molecule is CCCCc1ccc(Oc2nccc(C)c2C(N)=S)cc1. The molecule has 2 rings (SSSR count). The summed E-state index contributed by atoms with van der Waals surface area (Å²) >= 11 is 5.08. The number of aryl methyl sites for hydroxylation is 2. The Hall–Kier alpha value is -1.94. The molecule has 0 radical (unpaired) electrons. The number of pyridine rings is 1. The van der Waals surface area contributed by atoms with E-state index in [0.717, 1.165) is 17.7 Å². The van der Waals surface area contributed by atoms with Gasteiger partial charge in [-0.2, -0.15) is 0 Å². The summed E-state index contributed by atoms with van der Waals surface area (Å²) in [6, 6.07) is 9.95. The van der Waals surface area contributed by atoms with Crippen LogP contribution in [0, 0.1) is 6.92 Å². The van der Waals surface area contributed by atoms with E-state index >= 15 is 0 Å². The average Bonchev–Trinajstić information content (AvgIpc) is 2.46. The van der Waals surface area contributed by atoms with Crippen LogP contribution in [0.25, 0.3) is 0 Å². The molecule has 0 saturated heterocycles. The molecule has 0 unspecified atom stereocenters. The molecule has 0 atom stereocenters. The van der Waals surface area contributed by atoms with Crippen molar-refractivity contribution in [1.29, 1.82) is 0 Å². The summed E-state index contributed by atoms with van der Waals surface area (Å²) in [5, 5.41) is 0.